The fraction of sp³-hybridized carbons (Fsp3) is 0.211. The number of rotatable bonds is 1. The molecule has 1 aliphatic rings. The van der Waals surface area contributed by atoms with Gasteiger partial charge in [-0.2, -0.15) is 0 Å². The Bertz CT molecular complexity index is 956. The quantitative estimate of drug-likeness (QED) is 0.729. The number of hydrogen-bond donors (Lipinski definition) is 1. The van der Waals surface area contributed by atoms with E-state index in [9.17, 15) is 9.18 Å². The van der Waals surface area contributed by atoms with Crippen LogP contribution in [0.15, 0.2) is 36.4 Å². The molecule has 4 rings (SSSR count). The highest BCUT2D eigenvalue weighted by atomic mass is 19.1. The van der Waals surface area contributed by atoms with Crippen LogP contribution in [0.1, 0.15) is 21.6 Å². The van der Waals surface area contributed by atoms with E-state index in [1.165, 1.54) is 6.07 Å². The minimum absolute atomic E-state index is 0.0220. The lowest BCUT2D eigenvalue weighted by molar-refractivity contribution is 0.0928. The summed E-state index contributed by atoms with van der Waals surface area (Å²) in [7, 11) is 0. The predicted octanol–water partition coefficient (Wildman–Crippen LogP) is 3.81. The molecule has 116 valence electrons. The van der Waals surface area contributed by atoms with E-state index < -0.39 is 0 Å². The lowest BCUT2D eigenvalue weighted by Gasteiger charge is -2.18. The Morgan fingerprint density at radius 1 is 1.17 bits per heavy atom. The third-order valence-electron chi connectivity index (χ3n) is 4.64. The van der Waals surface area contributed by atoms with Crippen molar-refractivity contribution in [3.8, 4) is 11.1 Å². The Kier molecular flexibility index (Phi) is 3.01. The van der Waals surface area contributed by atoms with Gasteiger partial charge in [0.25, 0.3) is 5.91 Å². The molecule has 1 N–H and O–H groups in total. The molecule has 0 atom stereocenters. The zero-order valence-electron chi connectivity index (χ0n) is 13.1. The molecule has 2 heterocycles. The van der Waals surface area contributed by atoms with Crippen LogP contribution in [-0.2, 0) is 6.54 Å². The number of para-hydroxylation sites is 1. The molecule has 1 aromatic heterocycles. The number of carbonyl (C=O) groups is 1. The van der Waals surface area contributed by atoms with Gasteiger partial charge in [-0.1, -0.05) is 24.3 Å². The zero-order chi connectivity index (χ0) is 16.1. The molecule has 0 spiro atoms. The van der Waals surface area contributed by atoms with Crippen molar-refractivity contribution >= 4 is 16.8 Å². The minimum Gasteiger partial charge on any atom is -0.349 e. The Hall–Kier alpha value is -2.62. The summed E-state index contributed by atoms with van der Waals surface area (Å²) in [6, 6.07) is 11.2. The van der Waals surface area contributed by atoms with E-state index in [1.54, 1.807) is 13.0 Å². The number of benzene rings is 2. The van der Waals surface area contributed by atoms with Crippen molar-refractivity contribution in [2.24, 2.45) is 0 Å². The number of aryl methyl sites for hydroxylation is 2. The Morgan fingerprint density at radius 3 is 2.78 bits per heavy atom. The molecule has 0 unspecified atom stereocenters. The number of nitrogens with one attached hydrogen (secondary N) is 1. The zero-order valence-corrected chi connectivity index (χ0v) is 13.1. The van der Waals surface area contributed by atoms with Crippen LogP contribution in [0, 0.1) is 19.7 Å². The monoisotopic (exact) mass is 308 g/mol. The van der Waals surface area contributed by atoms with Gasteiger partial charge in [-0.05, 0) is 42.7 Å². The molecule has 0 saturated carbocycles. The number of halogens is 1. The fourth-order valence-electron chi connectivity index (χ4n) is 3.51. The van der Waals surface area contributed by atoms with Crippen LogP contribution >= 0.6 is 0 Å². The molecule has 1 amide bonds. The molecular formula is C19H17FN2O. The van der Waals surface area contributed by atoms with E-state index in [0.717, 1.165) is 39.8 Å². The molecule has 3 nitrogen and oxygen atoms in total. The van der Waals surface area contributed by atoms with Gasteiger partial charge in [-0.3, -0.25) is 4.79 Å². The first-order valence-corrected chi connectivity index (χ1v) is 7.74. The first-order chi connectivity index (χ1) is 11.1. The third-order valence-corrected chi connectivity index (χ3v) is 4.64. The van der Waals surface area contributed by atoms with Crippen molar-refractivity contribution in [1.29, 1.82) is 0 Å². The van der Waals surface area contributed by atoms with Gasteiger partial charge in [0.1, 0.15) is 11.5 Å². The molecule has 0 aliphatic carbocycles. The Balaban J connectivity index is 2.07. The topological polar surface area (TPSA) is 34.0 Å². The molecule has 2 aromatic carbocycles. The van der Waals surface area contributed by atoms with Gasteiger partial charge in [0.2, 0.25) is 0 Å². The average molecular weight is 308 g/mol. The summed E-state index contributed by atoms with van der Waals surface area (Å²) in [5.74, 6) is -0.222. The molecule has 1 aliphatic heterocycles. The summed E-state index contributed by atoms with van der Waals surface area (Å²) in [5, 5.41) is 3.99. The van der Waals surface area contributed by atoms with Crippen LogP contribution in [0.3, 0.4) is 0 Å². The molecule has 0 radical (unpaired) electrons. The SMILES string of the molecule is Cc1cc(-c2cccc3c(C)c4n(c23)CCNC4=O)ccc1F. The van der Waals surface area contributed by atoms with Gasteiger partial charge in [-0.25, -0.2) is 4.39 Å². The van der Waals surface area contributed by atoms with Crippen molar-refractivity contribution in [2.45, 2.75) is 20.4 Å². The number of nitrogens with zero attached hydrogens (tertiary/aromatic N) is 1. The predicted molar refractivity (Wildman–Crippen MR) is 89.1 cm³/mol. The normalized spacial score (nSPS) is 14.0. The van der Waals surface area contributed by atoms with Crippen LogP contribution < -0.4 is 5.32 Å². The van der Waals surface area contributed by atoms with E-state index in [4.69, 9.17) is 0 Å². The fourth-order valence-corrected chi connectivity index (χ4v) is 3.51. The summed E-state index contributed by atoms with van der Waals surface area (Å²) >= 11 is 0. The van der Waals surface area contributed by atoms with Crippen LogP contribution in [0.4, 0.5) is 4.39 Å². The average Bonchev–Trinajstić information content (AvgIpc) is 2.85. The number of hydrogen-bond acceptors (Lipinski definition) is 1. The second-order valence-electron chi connectivity index (χ2n) is 6.05. The van der Waals surface area contributed by atoms with E-state index >= 15 is 0 Å². The number of aromatic nitrogens is 1. The van der Waals surface area contributed by atoms with Crippen LogP contribution in [0.5, 0.6) is 0 Å². The first-order valence-electron chi connectivity index (χ1n) is 7.74. The number of amides is 1. The second-order valence-corrected chi connectivity index (χ2v) is 6.05. The van der Waals surface area contributed by atoms with Gasteiger partial charge in [0.15, 0.2) is 0 Å². The van der Waals surface area contributed by atoms with Crippen LogP contribution in [0.25, 0.3) is 22.0 Å². The van der Waals surface area contributed by atoms with Crippen molar-refractivity contribution in [1.82, 2.24) is 9.88 Å². The first kappa shape index (κ1) is 14.0. The summed E-state index contributed by atoms with van der Waals surface area (Å²) in [6.45, 7) is 5.14. The van der Waals surface area contributed by atoms with E-state index in [-0.39, 0.29) is 11.7 Å². The highest BCUT2D eigenvalue weighted by molar-refractivity contribution is 6.06. The molecule has 3 aromatic rings. The summed E-state index contributed by atoms with van der Waals surface area (Å²) in [4.78, 5) is 12.2. The maximum Gasteiger partial charge on any atom is 0.268 e. The molecule has 0 fully saturated rings. The Labute approximate surface area is 133 Å². The minimum atomic E-state index is -0.200. The third kappa shape index (κ3) is 1.98. The van der Waals surface area contributed by atoms with Crippen molar-refractivity contribution < 1.29 is 9.18 Å². The number of fused-ring (bicyclic) bond motifs is 3. The van der Waals surface area contributed by atoms with Crippen LogP contribution in [-0.4, -0.2) is 17.0 Å². The van der Waals surface area contributed by atoms with Gasteiger partial charge in [0.05, 0.1) is 5.52 Å². The molecule has 0 bridgehead atoms. The van der Waals surface area contributed by atoms with Crippen molar-refractivity contribution in [2.75, 3.05) is 6.54 Å². The van der Waals surface area contributed by atoms with Crippen molar-refractivity contribution in [3.63, 3.8) is 0 Å². The molecule has 23 heavy (non-hydrogen) atoms. The summed E-state index contributed by atoms with van der Waals surface area (Å²) < 4.78 is 15.7. The lowest BCUT2D eigenvalue weighted by Crippen LogP contribution is -2.35. The summed E-state index contributed by atoms with van der Waals surface area (Å²) in [6.07, 6.45) is 0. The van der Waals surface area contributed by atoms with E-state index in [2.05, 4.69) is 9.88 Å². The maximum absolute atomic E-state index is 13.6. The second kappa shape index (κ2) is 4.95. The maximum atomic E-state index is 13.6. The van der Waals surface area contributed by atoms with Gasteiger partial charge in [-0.15, -0.1) is 0 Å². The van der Waals surface area contributed by atoms with Crippen LogP contribution in [0.2, 0.25) is 0 Å². The Morgan fingerprint density at radius 2 is 2.00 bits per heavy atom. The smallest absolute Gasteiger partial charge is 0.268 e. The lowest BCUT2D eigenvalue weighted by atomic mass is 10.00. The highest BCUT2D eigenvalue weighted by Crippen LogP contribution is 2.35. The molecular weight excluding hydrogens is 291 g/mol. The molecule has 4 heteroatoms. The molecule has 0 saturated heterocycles. The largest absolute Gasteiger partial charge is 0.349 e. The van der Waals surface area contributed by atoms with E-state index in [1.807, 2.05) is 31.2 Å². The number of carbonyl (C=O) groups excluding carboxylic acids is 1. The van der Waals surface area contributed by atoms with Gasteiger partial charge < -0.3 is 9.88 Å². The van der Waals surface area contributed by atoms with Gasteiger partial charge in [0, 0.05) is 24.0 Å². The van der Waals surface area contributed by atoms with E-state index in [0.29, 0.717) is 12.1 Å². The van der Waals surface area contributed by atoms with Crippen molar-refractivity contribution in [3.05, 3.63) is 59.0 Å². The summed E-state index contributed by atoms with van der Waals surface area (Å²) in [5.41, 5.74) is 5.42. The highest BCUT2D eigenvalue weighted by Gasteiger charge is 2.25. The standard InChI is InChI=1S/C19H17FN2O/c1-11-10-13(6-7-16(11)20)15-5-3-4-14-12(2)17-19(23)21-8-9-22(17)18(14)15/h3-7,10H,8-9H2,1-2H3,(H,21,23). The van der Waals surface area contributed by atoms with Gasteiger partial charge >= 0.3 is 0 Å².